The van der Waals surface area contributed by atoms with Gasteiger partial charge in [0.25, 0.3) is 0 Å². The second kappa shape index (κ2) is 10.4. The molecule has 0 aromatic heterocycles. The third-order valence-corrected chi connectivity index (χ3v) is 5.05. The lowest BCUT2D eigenvalue weighted by Gasteiger charge is -2.38. The highest BCUT2D eigenvalue weighted by Gasteiger charge is 2.21. The van der Waals surface area contributed by atoms with Gasteiger partial charge in [-0.25, -0.2) is 4.79 Å². The van der Waals surface area contributed by atoms with Gasteiger partial charge in [0.05, 0.1) is 19.9 Å². The number of aliphatic imine (C=N–C) groups is 1. The maximum Gasteiger partial charge on any atom is 0.411 e. The molecule has 1 aliphatic rings. The van der Waals surface area contributed by atoms with Crippen LogP contribution >= 0.6 is 0 Å². The SMILES string of the molecule is CN=C(NCc1ccc(NC(=O)OC)cc1)N1CCN(c2ccccc2OC)CC1. The fourth-order valence-corrected chi connectivity index (χ4v) is 3.44. The Hall–Kier alpha value is -3.42. The van der Waals surface area contributed by atoms with E-state index in [1.807, 2.05) is 42.5 Å². The monoisotopic (exact) mass is 411 g/mol. The minimum Gasteiger partial charge on any atom is -0.495 e. The lowest BCUT2D eigenvalue weighted by atomic mass is 10.2. The maximum absolute atomic E-state index is 11.3. The van der Waals surface area contributed by atoms with Crippen molar-refractivity contribution in [3.63, 3.8) is 0 Å². The third kappa shape index (κ3) is 5.34. The number of carbonyl (C=O) groups excluding carboxylic acids is 1. The highest BCUT2D eigenvalue weighted by atomic mass is 16.5. The van der Waals surface area contributed by atoms with E-state index in [9.17, 15) is 4.79 Å². The van der Waals surface area contributed by atoms with Gasteiger partial charge in [0, 0.05) is 45.5 Å². The molecule has 2 N–H and O–H groups in total. The van der Waals surface area contributed by atoms with Crippen molar-refractivity contribution in [2.45, 2.75) is 6.54 Å². The second-order valence-corrected chi connectivity index (χ2v) is 6.86. The van der Waals surface area contributed by atoms with Gasteiger partial charge in [0.2, 0.25) is 0 Å². The molecule has 1 saturated heterocycles. The van der Waals surface area contributed by atoms with Crippen molar-refractivity contribution in [3.05, 3.63) is 54.1 Å². The standard InChI is InChI=1S/C22H29N5O3/c1-23-21(24-16-17-8-10-18(11-9-17)25-22(28)30-3)27-14-12-26(13-15-27)19-6-4-5-7-20(19)29-2/h4-11H,12-16H2,1-3H3,(H,23,24)(H,25,28). The number of rotatable bonds is 5. The number of carbonyl (C=O) groups is 1. The van der Waals surface area contributed by atoms with Gasteiger partial charge in [0.1, 0.15) is 5.75 Å². The van der Waals surface area contributed by atoms with Crippen molar-refractivity contribution in [3.8, 4) is 5.75 Å². The quantitative estimate of drug-likeness (QED) is 0.582. The van der Waals surface area contributed by atoms with Crippen LogP contribution in [0, 0.1) is 0 Å². The molecule has 2 aromatic carbocycles. The van der Waals surface area contributed by atoms with Crippen LogP contribution in [0.4, 0.5) is 16.2 Å². The average molecular weight is 412 g/mol. The molecule has 0 aliphatic carbocycles. The summed E-state index contributed by atoms with van der Waals surface area (Å²) in [7, 11) is 4.85. The van der Waals surface area contributed by atoms with Crippen molar-refractivity contribution >= 4 is 23.4 Å². The molecule has 1 fully saturated rings. The van der Waals surface area contributed by atoms with E-state index in [1.165, 1.54) is 7.11 Å². The molecule has 0 atom stereocenters. The lowest BCUT2D eigenvalue weighted by molar-refractivity contribution is 0.187. The highest BCUT2D eigenvalue weighted by molar-refractivity contribution is 5.84. The summed E-state index contributed by atoms with van der Waals surface area (Å²) >= 11 is 0. The van der Waals surface area contributed by atoms with Crippen molar-refractivity contribution in [2.75, 3.05) is 57.7 Å². The summed E-state index contributed by atoms with van der Waals surface area (Å²) in [4.78, 5) is 20.3. The number of para-hydroxylation sites is 2. The largest absolute Gasteiger partial charge is 0.495 e. The van der Waals surface area contributed by atoms with E-state index in [4.69, 9.17) is 4.74 Å². The highest BCUT2D eigenvalue weighted by Crippen LogP contribution is 2.28. The molecule has 30 heavy (non-hydrogen) atoms. The Morgan fingerprint density at radius 1 is 1.03 bits per heavy atom. The Bertz CT molecular complexity index is 861. The number of nitrogens with one attached hydrogen (secondary N) is 2. The first kappa shape index (κ1) is 21.3. The van der Waals surface area contributed by atoms with Crippen LogP contribution in [-0.4, -0.2) is 64.4 Å². The molecule has 160 valence electrons. The fraction of sp³-hybridized carbons (Fsp3) is 0.364. The van der Waals surface area contributed by atoms with Crippen molar-refractivity contribution in [2.24, 2.45) is 4.99 Å². The minimum atomic E-state index is -0.478. The molecule has 8 heteroatoms. The number of anilines is 2. The first-order chi connectivity index (χ1) is 14.6. The van der Waals surface area contributed by atoms with Gasteiger partial charge in [-0.3, -0.25) is 10.3 Å². The van der Waals surface area contributed by atoms with Crippen LogP contribution < -0.4 is 20.3 Å². The Labute approximate surface area is 177 Å². The minimum absolute atomic E-state index is 0.478. The summed E-state index contributed by atoms with van der Waals surface area (Å²) in [5, 5.41) is 6.07. The number of hydrogen-bond acceptors (Lipinski definition) is 5. The number of methoxy groups -OCH3 is 2. The summed E-state index contributed by atoms with van der Waals surface area (Å²) in [6.07, 6.45) is -0.478. The molecule has 0 bridgehead atoms. The van der Waals surface area contributed by atoms with Gasteiger partial charge < -0.3 is 24.6 Å². The molecular formula is C22H29N5O3. The molecule has 0 radical (unpaired) electrons. The molecule has 1 aliphatic heterocycles. The van der Waals surface area contributed by atoms with E-state index in [2.05, 4.69) is 36.2 Å². The van der Waals surface area contributed by atoms with E-state index >= 15 is 0 Å². The van der Waals surface area contributed by atoms with Gasteiger partial charge >= 0.3 is 6.09 Å². The number of hydrogen-bond donors (Lipinski definition) is 2. The van der Waals surface area contributed by atoms with Gasteiger partial charge in [-0.1, -0.05) is 24.3 Å². The van der Waals surface area contributed by atoms with Gasteiger partial charge in [0.15, 0.2) is 5.96 Å². The average Bonchev–Trinajstić information content (AvgIpc) is 2.80. The zero-order chi connectivity index (χ0) is 21.3. The van der Waals surface area contributed by atoms with Crippen molar-refractivity contribution in [1.29, 1.82) is 0 Å². The van der Waals surface area contributed by atoms with Crippen LogP contribution in [0.15, 0.2) is 53.5 Å². The number of amides is 1. The zero-order valence-electron chi connectivity index (χ0n) is 17.7. The molecule has 2 aromatic rings. The molecule has 0 spiro atoms. The van der Waals surface area contributed by atoms with E-state index in [1.54, 1.807) is 14.2 Å². The van der Waals surface area contributed by atoms with Gasteiger partial charge in [-0.05, 0) is 29.8 Å². The Kier molecular flexibility index (Phi) is 7.37. The first-order valence-corrected chi connectivity index (χ1v) is 9.92. The smallest absolute Gasteiger partial charge is 0.411 e. The predicted octanol–water partition coefficient (Wildman–Crippen LogP) is 2.77. The molecule has 0 unspecified atom stereocenters. The van der Waals surface area contributed by atoms with E-state index in [0.29, 0.717) is 12.2 Å². The van der Waals surface area contributed by atoms with Gasteiger partial charge in [-0.2, -0.15) is 0 Å². The first-order valence-electron chi connectivity index (χ1n) is 9.92. The summed E-state index contributed by atoms with van der Waals surface area (Å²) in [5.74, 6) is 1.78. The zero-order valence-corrected chi connectivity index (χ0v) is 17.7. The molecular weight excluding hydrogens is 382 g/mol. The van der Waals surface area contributed by atoms with Gasteiger partial charge in [-0.15, -0.1) is 0 Å². The van der Waals surface area contributed by atoms with Crippen LogP contribution in [0.5, 0.6) is 5.75 Å². The maximum atomic E-state index is 11.3. The van der Waals surface area contributed by atoms with E-state index < -0.39 is 6.09 Å². The summed E-state index contributed by atoms with van der Waals surface area (Å²) in [5.41, 5.74) is 2.92. The Morgan fingerprint density at radius 3 is 2.37 bits per heavy atom. The number of piperazine rings is 1. The van der Waals surface area contributed by atoms with Crippen LogP contribution in [0.1, 0.15) is 5.56 Å². The summed E-state index contributed by atoms with van der Waals surface area (Å²) in [6, 6.07) is 15.7. The second-order valence-electron chi connectivity index (χ2n) is 6.86. The van der Waals surface area contributed by atoms with E-state index in [-0.39, 0.29) is 0 Å². The molecule has 3 rings (SSSR count). The fourth-order valence-electron chi connectivity index (χ4n) is 3.44. The number of nitrogens with zero attached hydrogens (tertiary/aromatic N) is 3. The normalized spacial score (nSPS) is 14.3. The van der Waals surface area contributed by atoms with Crippen LogP contribution in [0.25, 0.3) is 0 Å². The molecule has 1 heterocycles. The number of ether oxygens (including phenoxy) is 2. The van der Waals surface area contributed by atoms with Crippen molar-refractivity contribution in [1.82, 2.24) is 10.2 Å². The Morgan fingerprint density at radius 2 is 1.73 bits per heavy atom. The molecule has 8 nitrogen and oxygen atoms in total. The number of benzene rings is 2. The topological polar surface area (TPSA) is 78.4 Å². The molecule has 0 saturated carbocycles. The summed E-state index contributed by atoms with van der Waals surface area (Å²) in [6.45, 7) is 4.20. The third-order valence-electron chi connectivity index (χ3n) is 5.05. The molecule has 1 amide bonds. The number of guanidine groups is 1. The summed E-state index contributed by atoms with van der Waals surface area (Å²) < 4.78 is 10.1. The van der Waals surface area contributed by atoms with Crippen molar-refractivity contribution < 1.29 is 14.3 Å². The van der Waals surface area contributed by atoms with E-state index in [0.717, 1.165) is 49.1 Å². The van der Waals surface area contributed by atoms with Crippen LogP contribution in [0.2, 0.25) is 0 Å². The van der Waals surface area contributed by atoms with Crippen LogP contribution in [-0.2, 0) is 11.3 Å². The Balaban J connectivity index is 1.52. The van der Waals surface area contributed by atoms with Crippen LogP contribution in [0.3, 0.4) is 0 Å². The lowest BCUT2D eigenvalue weighted by Crippen LogP contribution is -2.52. The predicted molar refractivity (Wildman–Crippen MR) is 119 cm³/mol.